The molecule has 12 nitrogen and oxygen atoms in total. The van der Waals surface area contributed by atoms with Gasteiger partial charge in [0.25, 0.3) is 11.8 Å². The third kappa shape index (κ3) is 6.42. The molecular weight excluding hydrogens is 456 g/mol. The number of quaternary nitrogens is 1. The molecule has 1 aliphatic heterocycles. The molecule has 1 aliphatic rings. The molecule has 0 spiro atoms. The number of hydrogen-bond acceptors (Lipinski definition) is 7. The molecule has 0 aliphatic carbocycles. The van der Waals surface area contributed by atoms with Gasteiger partial charge in [0.05, 0.1) is 11.4 Å². The van der Waals surface area contributed by atoms with Crippen LogP contribution in [-0.4, -0.2) is 57.8 Å². The van der Waals surface area contributed by atoms with E-state index >= 15 is 0 Å². The Hall–Kier alpha value is -4.71. The van der Waals surface area contributed by atoms with Gasteiger partial charge in [-0.2, -0.15) is 4.48 Å². The maximum Gasteiger partial charge on any atom is 0.404 e. The zero-order chi connectivity index (χ0) is 25.6. The average Bonchev–Trinajstić information content (AvgIpc) is 3.20. The van der Waals surface area contributed by atoms with E-state index in [2.05, 4.69) is 26.3 Å². The lowest BCUT2D eigenvalue weighted by Crippen LogP contribution is -2.50. The number of benzene rings is 2. The second kappa shape index (κ2) is 10.5. The van der Waals surface area contributed by atoms with E-state index < -0.39 is 11.8 Å². The summed E-state index contributed by atoms with van der Waals surface area (Å²) in [6, 6.07) is 8.77. The van der Waals surface area contributed by atoms with Gasteiger partial charge >= 0.3 is 12.5 Å². The summed E-state index contributed by atoms with van der Waals surface area (Å²) in [5, 5.41) is 30.5. The molecule has 1 radical (unpaired) electrons. The fraction of sp³-hybridized carbons (Fsp3) is 0.174. The number of phenolic OH excluding ortho intramolecular Hbond substituents is 2. The summed E-state index contributed by atoms with van der Waals surface area (Å²) in [5.41, 5.74) is 0.464. The molecule has 0 aromatic heterocycles. The number of aromatic hydroxyl groups is 2. The van der Waals surface area contributed by atoms with Crippen LogP contribution in [0.1, 0.15) is 13.8 Å². The number of nitrogens with one attached hydrogen (secondary N) is 4. The fourth-order valence-corrected chi connectivity index (χ4v) is 3.45. The maximum absolute atomic E-state index is 12.9. The van der Waals surface area contributed by atoms with Crippen molar-refractivity contribution >= 4 is 52.7 Å². The number of carbonyl (C=O) groups is 4. The number of nitrogens with zero attached hydrogens (tertiary/aromatic N) is 2. The topological polar surface area (TPSA) is 171 Å². The zero-order valence-corrected chi connectivity index (χ0v) is 19.0. The minimum atomic E-state index is -0.564. The van der Waals surface area contributed by atoms with Crippen molar-refractivity contribution in [3.8, 4) is 11.5 Å². The highest BCUT2D eigenvalue weighted by Crippen LogP contribution is 2.33. The van der Waals surface area contributed by atoms with Crippen LogP contribution in [-0.2, 0) is 19.2 Å². The highest BCUT2D eigenvalue weighted by Gasteiger charge is 2.39. The highest BCUT2D eigenvalue weighted by atomic mass is 16.3. The van der Waals surface area contributed by atoms with Gasteiger partial charge in [-0.15, -0.1) is 0 Å². The summed E-state index contributed by atoms with van der Waals surface area (Å²) in [4.78, 5) is 52.6. The Morgan fingerprint density at radius 3 is 1.60 bits per heavy atom. The van der Waals surface area contributed by atoms with Crippen LogP contribution in [0.3, 0.4) is 0 Å². The Balaban J connectivity index is 1.75. The van der Waals surface area contributed by atoms with Crippen molar-refractivity contribution in [1.29, 1.82) is 0 Å². The lowest BCUT2D eigenvalue weighted by atomic mass is 10.2. The minimum Gasteiger partial charge on any atom is -0.506 e. The third-order valence-electron chi connectivity index (χ3n) is 4.86. The molecular formula is C23H25N6O6+2. The molecule has 12 heteroatoms. The van der Waals surface area contributed by atoms with E-state index in [1.54, 1.807) is 6.20 Å². The molecule has 2 aromatic rings. The lowest BCUT2D eigenvalue weighted by molar-refractivity contribution is -0.760. The first-order valence-corrected chi connectivity index (χ1v) is 10.5. The number of carbonyl (C=O) groups excluding carboxylic acids is 4. The normalized spacial score (nSPS) is 13.2. The van der Waals surface area contributed by atoms with Gasteiger partial charge in [-0.25, -0.2) is 0 Å². The number of anilines is 4. The highest BCUT2D eigenvalue weighted by molar-refractivity contribution is 6.03. The van der Waals surface area contributed by atoms with Gasteiger partial charge in [-0.3, -0.25) is 19.2 Å². The molecule has 181 valence electrons. The van der Waals surface area contributed by atoms with E-state index in [0.29, 0.717) is 0 Å². The van der Waals surface area contributed by atoms with Crippen LogP contribution in [0.5, 0.6) is 11.5 Å². The van der Waals surface area contributed by atoms with E-state index in [1.165, 1.54) is 62.8 Å². The molecule has 0 fully saturated rings. The van der Waals surface area contributed by atoms with Gasteiger partial charge in [-0.05, 0) is 24.3 Å². The maximum atomic E-state index is 12.9. The molecule has 2 aromatic carbocycles. The molecule has 3 rings (SSSR count). The average molecular weight is 481 g/mol. The van der Waals surface area contributed by atoms with Crippen LogP contribution in [0.4, 0.5) is 22.7 Å². The Kier molecular flexibility index (Phi) is 7.46. The Morgan fingerprint density at radius 1 is 0.771 bits per heavy atom. The molecule has 35 heavy (non-hydrogen) atoms. The van der Waals surface area contributed by atoms with Crippen LogP contribution in [0, 0.1) is 0 Å². The van der Waals surface area contributed by atoms with Gasteiger partial charge < -0.3 is 31.5 Å². The van der Waals surface area contributed by atoms with Gasteiger partial charge in [-0.1, -0.05) is 12.1 Å². The van der Waals surface area contributed by atoms with Crippen LogP contribution < -0.4 is 26.3 Å². The van der Waals surface area contributed by atoms with Gasteiger partial charge in [0, 0.05) is 13.8 Å². The molecule has 0 atom stereocenters. The molecule has 0 saturated carbocycles. The monoisotopic (exact) mass is 481 g/mol. The standard InChI is InChI=1S/C23H24N6O6/c1-14(30)25-16-5-3-7-18(32)22(16)27-20(34)11-29(10-9-24-13-29)12-21(35)28-23-17(26-15(2)31)6-4-8-19(23)33/h3-10,13H,11-12H2,1-2H3,(H5-,25,26,27,28,30,31,32,33,34,35)/q+1/p+1. The molecule has 0 saturated heterocycles. The summed E-state index contributed by atoms with van der Waals surface area (Å²) < 4.78 is -0.288. The van der Waals surface area contributed by atoms with Crippen LogP contribution in [0.2, 0.25) is 0 Å². The Labute approximate surface area is 200 Å². The van der Waals surface area contributed by atoms with Crippen molar-refractivity contribution in [3.05, 3.63) is 48.8 Å². The molecule has 1 heterocycles. The first kappa shape index (κ1) is 24.9. The summed E-state index contributed by atoms with van der Waals surface area (Å²) in [6.45, 7) is 2.06. The van der Waals surface area contributed by atoms with E-state index in [0.717, 1.165) is 0 Å². The summed E-state index contributed by atoms with van der Waals surface area (Å²) in [5.74, 6) is -2.39. The minimum absolute atomic E-state index is 0.0181. The molecule has 0 unspecified atom stereocenters. The number of hydrogen-bond donors (Lipinski definition) is 6. The number of aliphatic imine (C=N–C) groups is 1. The van der Waals surface area contributed by atoms with E-state index in [-0.39, 0.29) is 63.6 Å². The first-order chi connectivity index (χ1) is 16.6. The second-order valence-electron chi connectivity index (χ2n) is 7.84. The fourth-order valence-electron chi connectivity index (χ4n) is 3.45. The number of para-hydroxylation sites is 2. The predicted octanol–water partition coefficient (Wildman–Crippen LogP) is 1.26. The van der Waals surface area contributed by atoms with E-state index in [9.17, 15) is 29.4 Å². The van der Waals surface area contributed by atoms with Gasteiger partial charge in [0.1, 0.15) is 27.9 Å². The zero-order valence-electron chi connectivity index (χ0n) is 19.0. The SMILES string of the molecule is CC(=O)Nc1cccc(O)c1NC(=O)C[N+]1(CC(=O)Nc2c(O)cccc2NC(C)=O)C=C[N+]=C1. The summed E-state index contributed by atoms with van der Waals surface area (Å²) in [7, 11) is 0. The van der Waals surface area contributed by atoms with Crippen molar-refractivity contribution < 1.29 is 33.9 Å². The van der Waals surface area contributed by atoms with Gasteiger partial charge in [0.15, 0.2) is 19.3 Å². The predicted molar refractivity (Wildman–Crippen MR) is 129 cm³/mol. The third-order valence-corrected chi connectivity index (χ3v) is 4.86. The quantitative estimate of drug-likeness (QED) is 0.245. The van der Waals surface area contributed by atoms with Crippen molar-refractivity contribution in [3.63, 3.8) is 0 Å². The van der Waals surface area contributed by atoms with Crippen molar-refractivity contribution in [2.75, 3.05) is 34.4 Å². The number of rotatable bonds is 8. The Morgan fingerprint density at radius 2 is 1.23 bits per heavy atom. The van der Waals surface area contributed by atoms with E-state index in [1.807, 2.05) is 0 Å². The van der Waals surface area contributed by atoms with Crippen LogP contribution in [0.15, 0.2) is 48.8 Å². The first-order valence-electron chi connectivity index (χ1n) is 10.5. The Bertz CT molecular complexity index is 1140. The largest absolute Gasteiger partial charge is 0.506 e. The van der Waals surface area contributed by atoms with Crippen LogP contribution >= 0.6 is 0 Å². The van der Waals surface area contributed by atoms with Crippen molar-refractivity contribution in [1.82, 2.24) is 4.99 Å². The summed E-state index contributed by atoms with van der Waals surface area (Å²) >= 11 is 0. The van der Waals surface area contributed by atoms with Crippen molar-refractivity contribution in [2.45, 2.75) is 13.8 Å². The van der Waals surface area contributed by atoms with E-state index in [4.69, 9.17) is 0 Å². The van der Waals surface area contributed by atoms with Crippen molar-refractivity contribution in [2.24, 2.45) is 0 Å². The van der Waals surface area contributed by atoms with Crippen LogP contribution in [0.25, 0.3) is 0 Å². The second-order valence-corrected chi connectivity index (χ2v) is 7.84. The number of phenols is 2. The molecule has 6 N–H and O–H groups in total. The number of amides is 4. The van der Waals surface area contributed by atoms with Gasteiger partial charge in [0.2, 0.25) is 11.8 Å². The lowest BCUT2D eigenvalue weighted by Gasteiger charge is -2.23. The molecule has 0 bridgehead atoms. The molecule has 4 amide bonds. The smallest absolute Gasteiger partial charge is 0.404 e. The summed E-state index contributed by atoms with van der Waals surface area (Å²) in [6.07, 6.45) is 4.38.